The van der Waals surface area contributed by atoms with E-state index < -0.39 is 0 Å². The van der Waals surface area contributed by atoms with Crippen LogP contribution >= 0.6 is 11.3 Å². The minimum atomic E-state index is -0.191. The van der Waals surface area contributed by atoms with Crippen molar-refractivity contribution in [2.45, 2.75) is 32.4 Å². The zero-order chi connectivity index (χ0) is 12.5. The molecule has 1 aromatic heterocycles. The first kappa shape index (κ1) is 11.8. The number of nitrogens with one attached hydrogen (secondary N) is 1. The summed E-state index contributed by atoms with van der Waals surface area (Å²) < 4.78 is 13.1. The molecule has 0 radical (unpaired) electrons. The molecular weight excluding hydrogens is 247 g/mol. The van der Waals surface area contributed by atoms with E-state index >= 15 is 0 Å². The maximum Gasteiger partial charge on any atom is 0.123 e. The van der Waals surface area contributed by atoms with Gasteiger partial charge in [0.1, 0.15) is 10.8 Å². The first-order valence-corrected chi connectivity index (χ1v) is 7.04. The summed E-state index contributed by atoms with van der Waals surface area (Å²) in [6.07, 6.45) is 2.57. The van der Waals surface area contributed by atoms with Gasteiger partial charge in [0.15, 0.2) is 0 Å². The Morgan fingerprint density at radius 3 is 3.00 bits per heavy atom. The molecule has 94 valence electrons. The summed E-state index contributed by atoms with van der Waals surface area (Å²) in [7, 11) is 0. The Kier molecular flexibility index (Phi) is 3.14. The highest BCUT2D eigenvalue weighted by Gasteiger charge is 2.20. The Balaban J connectivity index is 1.78. The third-order valence-corrected chi connectivity index (χ3v) is 4.04. The molecule has 0 amide bonds. The molecule has 1 saturated carbocycles. The van der Waals surface area contributed by atoms with Gasteiger partial charge < -0.3 is 5.32 Å². The Labute approximate surface area is 110 Å². The Bertz CT molecular complexity index is 561. The summed E-state index contributed by atoms with van der Waals surface area (Å²) in [6.45, 7) is 2.75. The predicted octanol–water partition coefficient (Wildman–Crippen LogP) is 3.51. The fraction of sp³-hybridized carbons (Fsp3) is 0.357. The summed E-state index contributed by atoms with van der Waals surface area (Å²) in [5.41, 5.74) is 3.04. The van der Waals surface area contributed by atoms with Crippen LogP contribution in [0.5, 0.6) is 0 Å². The van der Waals surface area contributed by atoms with Crippen LogP contribution in [0.4, 0.5) is 4.39 Å². The van der Waals surface area contributed by atoms with Gasteiger partial charge in [-0.25, -0.2) is 9.37 Å². The second-order valence-corrected chi connectivity index (χ2v) is 5.62. The zero-order valence-electron chi connectivity index (χ0n) is 10.2. The highest BCUT2D eigenvalue weighted by Crippen LogP contribution is 2.27. The fourth-order valence-electron chi connectivity index (χ4n) is 1.92. The number of aromatic nitrogens is 1. The molecule has 1 N–H and O–H groups in total. The van der Waals surface area contributed by atoms with Crippen LogP contribution in [0, 0.1) is 12.7 Å². The molecule has 0 spiro atoms. The number of hydrogen-bond donors (Lipinski definition) is 1. The van der Waals surface area contributed by atoms with E-state index in [9.17, 15) is 4.39 Å². The lowest BCUT2D eigenvalue weighted by Crippen LogP contribution is -2.15. The second kappa shape index (κ2) is 4.78. The van der Waals surface area contributed by atoms with Crippen molar-refractivity contribution < 1.29 is 4.39 Å². The van der Waals surface area contributed by atoms with Crippen LogP contribution in [0.1, 0.15) is 24.1 Å². The largest absolute Gasteiger partial charge is 0.308 e. The number of hydrogen-bond acceptors (Lipinski definition) is 3. The van der Waals surface area contributed by atoms with Gasteiger partial charge in [-0.05, 0) is 43.5 Å². The first-order valence-electron chi connectivity index (χ1n) is 6.17. The molecule has 0 atom stereocenters. The predicted molar refractivity (Wildman–Crippen MR) is 72.1 cm³/mol. The van der Waals surface area contributed by atoms with Crippen molar-refractivity contribution >= 4 is 11.3 Å². The standard InChI is InChI=1S/C14H15FN2S/c1-9-6-10(15)2-5-13(9)14-17-12(8-18-14)7-16-11-3-4-11/h2,5-6,8,11,16H,3-4,7H2,1H3. The van der Waals surface area contributed by atoms with E-state index in [4.69, 9.17) is 0 Å². The quantitative estimate of drug-likeness (QED) is 0.912. The number of aryl methyl sites for hydroxylation is 1. The second-order valence-electron chi connectivity index (χ2n) is 4.76. The Morgan fingerprint density at radius 1 is 1.44 bits per heavy atom. The molecule has 0 aliphatic heterocycles. The van der Waals surface area contributed by atoms with Crippen LogP contribution in [-0.2, 0) is 6.54 Å². The average Bonchev–Trinajstić information content (AvgIpc) is 3.05. The molecule has 1 aromatic carbocycles. The van der Waals surface area contributed by atoms with Crippen molar-refractivity contribution in [2.24, 2.45) is 0 Å². The Morgan fingerprint density at radius 2 is 2.28 bits per heavy atom. The molecule has 1 heterocycles. The molecule has 1 fully saturated rings. The maximum absolute atomic E-state index is 13.1. The van der Waals surface area contributed by atoms with Gasteiger partial charge in [0.2, 0.25) is 0 Å². The monoisotopic (exact) mass is 262 g/mol. The van der Waals surface area contributed by atoms with Crippen LogP contribution in [0.3, 0.4) is 0 Å². The zero-order valence-corrected chi connectivity index (χ0v) is 11.1. The molecule has 0 unspecified atom stereocenters. The van der Waals surface area contributed by atoms with Gasteiger partial charge in [0, 0.05) is 23.5 Å². The van der Waals surface area contributed by atoms with Crippen LogP contribution in [-0.4, -0.2) is 11.0 Å². The number of rotatable bonds is 4. The van der Waals surface area contributed by atoms with E-state index in [2.05, 4.69) is 15.7 Å². The van der Waals surface area contributed by atoms with Crippen LogP contribution in [0.2, 0.25) is 0 Å². The van der Waals surface area contributed by atoms with Crippen molar-refractivity contribution in [3.05, 3.63) is 40.7 Å². The minimum absolute atomic E-state index is 0.191. The number of benzene rings is 1. The molecule has 18 heavy (non-hydrogen) atoms. The van der Waals surface area contributed by atoms with Crippen molar-refractivity contribution in [1.29, 1.82) is 0 Å². The molecule has 3 rings (SSSR count). The highest BCUT2D eigenvalue weighted by atomic mass is 32.1. The summed E-state index contributed by atoms with van der Waals surface area (Å²) in [5, 5.41) is 6.49. The van der Waals surface area contributed by atoms with Gasteiger partial charge in [-0.15, -0.1) is 11.3 Å². The van der Waals surface area contributed by atoms with Crippen LogP contribution < -0.4 is 5.32 Å². The summed E-state index contributed by atoms with van der Waals surface area (Å²) >= 11 is 1.62. The van der Waals surface area contributed by atoms with Crippen molar-refractivity contribution in [1.82, 2.24) is 10.3 Å². The third-order valence-electron chi connectivity index (χ3n) is 3.12. The molecule has 2 nitrogen and oxygen atoms in total. The lowest BCUT2D eigenvalue weighted by molar-refractivity contribution is 0.627. The van der Waals surface area contributed by atoms with Crippen molar-refractivity contribution in [3.8, 4) is 10.6 Å². The molecule has 1 aliphatic rings. The first-order chi connectivity index (χ1) is 8.72. The lowest BCUT2D eigenvalue weighted by atomic mass is 10.1. The van der Waals surface area contributed by atoms with Gasteiger partial charge in [-0.3, -0.25) is 0 Å². The maximum atomic E-state index is 13.1. The number of nitrogens with zero attached hydrogens (tertiary/aromatic N) is 1. The normalized spacial score (nSPS) is 15.0. The highest BCUT2D eigenvalue weighted by molar-refractivity contribution is 7.13. The molecule has 4 heteroatoms. The van der Waals surface area contributed by atoms with Gasteiger partial charge in [0.25, 0.3) is 0 Å². The van der Waals surface area contributed by atoms with Gasteiger partial charge >= 0.3 is 0 Å². The van der Waals surface area contributed by atoms with Crippen LogP contribution in [0.15, 0.2) is 23.6 Å². The fourth-order valence-corrected chi connectivity index (χ4v) is 2.82. The Hall–Kier alpha value is -1.26. The summed E-state index contributed by atoms with van der Waals surface area (Å²) in [5.74, 6) is -0.191. The van der Waals surface area contributed by atoms with Crippen LogP contribution in [0.25, 0.3) is 10.6 Å². The molecule has 2 aromatic rings. The van der Waals surface area contributed by atoms with Gasteiger partial charge in [0.05, 0.1) is 5.69 Å². The summed E-state index contributed by atoms with van der Waals surface area (Å²) in [6, 6.07) is 5.55. The molecular formula is C14H15FN2S. The van der Waals surface area contributed by atoms with E-state index in [1.807, 2.05) is 13.0 Å². The van der Waals surface area contributed by atoms with E-state index in [0.29, 0.717) is 6.04 Å². The molecule has 1 aliphatic carbocycles. The number of thiazole rings is 1. The topological polar surface area (TPSA) is 24.9 Å². The smallest absolute Gasteiger partial charge is 0.123 e. The lowest BCUT2D eigenvalue weighted by Gasteiger charge is -2.02. The third kappa shape index (κ3) is 2.60. The van der Waals surface area contributed by atoms with E-state index in [-0.39, 0.29) is 5.82 Å². The minimum Gasteiger partial charge on any atom is -0.308 e. The van der Waals surface area contributed by atoms with Gasteiger partial charge in [-0.2, -0.15) is 0 Å². The number of halogens is 1. The molecule has 0 bridgehead atoms. The SMILES string of the molecule is Cc1cc(F)ccc1-c1nc(CNC2CC2)cs1. The average molecular weight is 262 g/mol. The van der Waals surface area contributed by atoms with Crippen molar-refractivity contribution in [2.75, 3.05) is 0 Å². The van der Waals surface area contributed by atoms with Crippen molar-refractivity contribution in [3.63, 3.8) is 0 Å². The van der Waals surface area contributed by atoms with E-state index in [1.54, 1.807) is 17.4 Å². The summed E-state index contributed by atoms with van der Waals surface area (Å²) in [4.78, 5) is 4.60. The van der Waals surface area contributed by atoms with Gasteiger partial charge in [-0.1, -0.05) is 0 Å². The molecule has 0 saturated heterocycles. The van der Waals surface area contributed by atoms with E-state index in [0.717, 1.165) is 28.4 Å². The van der Waals surface area contributed by atoms with E-state index in [1.165, 1.54) is 18.9 Å².